The molecule has 2 aromatic carbocycles. The fourth-order valence-electron chi connectivity index (χ4n) is 4.14. The van der Waals surface area contributed by atoms with Crippen molar-refractivity contribution in [2.24, 2.45) is 0 Å². The maximum Gasteiger partial charge on any atom is 0.253 e. The lowest BCUT2D eigenvalue weighted by atomic mass is 10.0. The molecule has 9 heteroatoms. The Hall–Kier alpha value is -3.22. The smallest absolute Gasteiger partial charge is 0.253 e. The molecule has 0 bridgehead atoms. The third kappa shape index (κ3) is 5.82. The van der Waals surface area contributed by atoms with Crippen molar-refractivity contribution in [3.05, 3.63) is 65.7 Å². The van der Waals surface area contributed by atoms with Gasteiger partial charge in [-0.3, -0.25) is 9.59 Å². The highest BCUT2D eigenvalue weighted by Crippen LogP contribution is 2.21. The molecule has 1 heterocycles. The van der Waals surface area contributed by atoms with Crippen molar-refractivity contribution in [3.63, 3.8) is 0 Å². The molecule has 1 aliphatic heterocycles. The Morgan fingerprint density at radius 3 is 2.24 bits per heavy atom. The minimum Gasteiger partial charge on any atom is -0.338 e. The summed E-state index contributed by atoms with van der Waals surface area (Å²) >= 11 is 0. The summed E-state index contributed by atoms with van der Waals surface area (Å²) in [7, 11) is -2.48. The number of carbonyl (C=O) groups is 2. The van der Waals surface area contributed by atoms with Gasteiger partial charge in [0.15, 0.2) is 0 Å². The van der Waals surface area contributed by atoms with Gasteiger partial charge in [-0.25, -0.2) is 8.42 Å². The molecular formula is C25H30N4O4S. The van der Waals surface area contributed by atoms with E-state index in [1.165, 1.54) is 31.3 Å². The number of amides is 2. The third-order valence-corrected chi connectivity index (χ3v) is 7.87. The Morgan fingerprint density at radius 2 is 1.68 bits per heavy atom. The molecule has 0 aliphatic carbocycles. The minimum absolute atomic E-state index is 0.0133. The Kier molecular flexibility index (Phi) is 8.42. The van der Waals surface area contributed by atoms with E-state index in [1.54, 1.807) is 17.0 Å². The van der Waals surface area contributed by atoms with E-state index < -0.39 is 10.0 Å². The molecule has 1 aliphatic rings. The third-order valence-electron chi connectivity index (χ3n) is 6.05. The van der Waals surface area contributed by atoms with Crippen molar-refractivity contribution in [2.75, 3.05) is 33.2 Å². The standard InChI is InChI=1S/C25H30N4O4S/c1-3-15-29(22-13-16-28(17-14-22)25(31)21-7-5-4-6-8-21)24(30)19-27(2)34(32,33)23-11-9-20(18-26)10-12-23/h4-12,22H,3,13-17,19H2,1-2H3. The second-order valence-electron chi connectivity index (χ2n) is 8.37. The molecule has 2 aromatic rings. The summed E-state index contributed by atoms with van der Waals surface area (Å²) in [6, 6.07) is 16.7. The van der Waals surface area contributed by atoms with Crippen LogP contribution in [0.5, 0.6) is 0 Å². The summed E-state index contributed by atoms with van der Waals surface area (Å²) in [6.07, 6.45) is 2.05. The van der Waals surface area contributed by atoms with Crippen LogP contribution in [0.4, 0.5) is 0 Å². The molecule has 0 N–H and O–H groups in total. The van der Waals surface area contributed by atoms with Crippen molar-refractivity contribution in [2.45, 2.75) is 37.1 Å². The zero-order valence-electron chi connectivity index (χ0n) is 19.6. The second kappa shape index (κ2) is 11.3. The molecule has 0 aromatic heterocycles. The molecule has 180 valence electrons. The molecule has 0 saturated carbocycles. The number of rotatable bonds is 8. The van der Waals surface area contributed by atoms with Gasteiger partial charge in [0, 0.05) is 38.3 Å². The van der Waals surface area contributed by atoms with Crippen LogP contribution in [0.2, 0.25) is 0 Å². The monoisotopic (exact) mass is 482 g/mol. The Balaban J connectivity index is 1.64. The van der Waals surface area contributed by atoms with Crippen LogP contribution in [0.3, 0.4) is 0 Å². The average Bonchev–Trinajstić information content (AvgIpc) is 2.87. The van der Waals surface area contributed by atoms with Gasteiger partial charge in [-0.2, -0.15) is 9.57 Å². The van der Waals surface area contributed by atoms with Crippen molar-refractivity contribution in [1.29, 1.82) is 5.26 Å². The van der Waals surface area contributed by atoms with E-state index in [1.807, 2.05) is 36.1 Å². The van der Waals surface area contributed by atoms with E-state index in [0.717, 1.165) is 10.7 Å². The highest BCUT2D eigenvalue weighted by Gasteiger charge is 2.31. The number of likely N-dealkylation sites (N-methyl/N-ethyl adjacent to an activating group) is 1. The van der Waals surface area contributed by atoms with Gasteiger partial charge in [-0.1, -0.05) is 25.1 Å². The number of hydrogen-bond donors (Lipinski definition) is 0. The lowest BCUT2D eigenvalue weighted by molar-refractivity contribution is -0.134. The summed E-state index contributed by atoms with van der Waals surface area (Å²) in [5, 5.41) is 8.92. The van der Waals surface area contributed by atoms with Gasteiger partial charge in [-0.15, -0.1) is 0 Å². The Bertz CT molecular complexity index is 1140. The largest absolute Gasteiger partial charge is 0.338 e. The molecule has 8 nitrogen and oxygen atoms in total. The number of sulfonamides is 1. The first-order valence-corrected chi connectivity index (χ1v) is 12.8. The molecule has 0 radical (unpaired) electrons. The summed E-state index contributed by atoms with van der Waals surface area (Å²) in [6.45, 7) is 3.33. The van der Waals surface area contributed by atoms with E-state index in [2.05, 4.69) is 0 Å². The zero-order chi connectivity index (χ0) is 24.7. The molecule has 34 heavy (non-hydrogen) atoms. The molecule has 0 atom stereocenters. The van der Waals surface area contributed by atoms with Crippen molar-refractivity contribution >= 4 is 21.8 Å². The number of piperidine rings is 1. The van der Waals surface area contributed by atoms with E-state index in [4.69, 9.17) is 5.26 Å². The number of nitrogens with zero attached hydrogens (tertiary/aromatic N) is 4. The quantitative estimate of drug-likeness (QED) is 0.576. The fraction of sp³-hybridized carbons (Fsp3) is 0.400. The van der Waals surface area contributed by atoms with Crippen LogP contribution in [0.1, 0.15) is 42.1 Å². The highest BCUT2D eigenvalue weighted by atomic mass is 32.2. The van der Waals surface area contributed by atoms with Crippen LogP contribution in [-0.2, 0) is 14.8 Å². The first-order chi connectivity index (χ1) is 16.3. The number of likely N-dealkylation sites (tertiary alicyclic amines) is 1. The summed E-state index contributed by atoms with van der Waals surface area (Å²) in [4.78, 5) is 29.5. The normalized spacial score (nSPS) is 14.6. The predicted octanol–water partition coefficient (Wildman–Crippen LogP) is 2.72. The van der Waals surface area contributed by atoms with Crippen molar-refractivity contribution < 1.29 is 18.0 Å². The van der Waals surface area contributed by atoms with Crippen LogP contribution in [0, 0.1) is 11.3 Å². The van der Waals surface area contributed by atoms with Gasteiger partial charge >= 0.3 is 0 Å². The molecule has 0 spiro atoms. The van der Waals surface area contributed by atoms with Crippen LogP contribution < -0.4 is 0 Å². The van der Waals surface area contributed by atoms with E-state index >= 15 is 0 Å². The Labute approximate surface area is 201 Å². The van der Waals surface area contributed by atoms with E-state index in [-0.39, 0.29) is 29.3 Å². The van der Waals surface area contributed by atoms with E-state index in [9.17, 15) is 18.0 Å². The highest BCUT2D eigenvalue weighted by molar-refractivity contribution is 7.89. The zero-order valence-corrected chi connectivity index (χ0v) is 20.4. The number of nitriles is 1. The lowest BCUT2D eigenvalue weighted by Gasteiger charge is -2.39. The fourth-order valence-corrected chi connectivity index (χ4v) is 5.26. The number of hydrogen-bond acceptors (Lipinski definition) is 5. The number of carbonyl (C=O) groups excluding carboxylic acids is 2. The second-order valence-corrected chi connectivity index (χ2v) is 10.4. The molecule has 2 amide bonds. The van der Waals surface area contributed by atoms with E-state index in [0.29, 0.717) is 43.6 Å². The van der Waals surface area contributed by atoms with Gasteiger partial charge in [-0.05, 0) is 55.7 Å². The van der Waals surface area contributed by atoms with Crippen LogP contribution >= 0.6 is 0 Å². The summed E-state index contributed by atoms with van der Waals surface area (Å²) in [5.41, 5.74) is 1.01. The molecule has 0 unspecified atom stereocenters. The molecular weight excluding hydrogens is 452 g/mol. The van der Waals surface area contributed by atoms with Gasteiger partial charge < -0.3 is 9.80 Å². The van der Waals surface area contributed by atoms with Crippen molar-refractivity contribution in [1.82, 2.24) is 14.1 Å². The maximum atomic E-state index is 13.2. The van der Waals surface area contributed by atoms with Crippen LogP contribution in [-0.4, -0.2) is 73.6 Å². The van der Waals surface area contributed by atoms with Crippen LogP contribution in [0.25, 0.3) is 0 Å². The maximum absolute atomic E-state index is 13.2. The molecule has 3 rings (SSSR count). The van der Waals surface area contributed by atoms with Crippen LogP contribution in [0.15, 0.2) is 59.5 Å². The molecule has 1 fully saturated rings. The topological polar surface area (TPSA) is 102 Å². The first-order valence-electron chi connectivity index (χ1n) is 11.4. The first kappa shape index (κ1) is 25.4. The average molecular weight is 483 g/mol. The minimum atomic E-state index is -3.87. The van der Waals surface area contributed by atoms with Gasteiger partial charge in [0.25, 0.3) is 5.91 Å². The van der Waals surface area contributed by atoms with Crippen molar-refractivity contribution in [3.8, 4) is 6.07 Å². The summed E-state index contributed by atoms with van der Waals surface area (Å²) in [5.74, 6) is -0.268. The Morgan fingerprint density at radius 1 is 1.06 bits per heavy atom. The predicted molar refractivity (Wildman–Crippen MR) is 128 cm³/mol. The van der Waals surface area contributed by atoms with Gasteiger partial charge in [0.05, 0.1) is 23.1 Å². The van der Waals surface area contributed by atoms with Gasteiger partial charge in [0.1, 0.15) is 0 Å². The number of benzene rings is 2. The SMILES string of the molecule is CCCN(C(=O)CN(C)S(=O)(=O)c1ccc(C#N)cc1)C1CCN(C(=O)c2ccccc2)CC1. The molecule has 1 saturated heterocycles. The van der Waals surface area contributed by atoms with Gasteiger partial charge in [0.2, 0.25) is 15.9 Å². The summed E-state index contributed by atoms with van der Waals surface area (Å²) < 4.78 is 26.9. The lowest BCUT2D eigenvalue weighted by Crippen LogP contribution is -2.51.